The monoisotopic (exact) mass is 291 g/mol. The normalized spacial score (nSPS) is 19.3. The van der Waals surface area contributed by atoms with Crippen molar-refractivity contribution < 1.29 is 0 Å². The molecule has 1 aliphatic carbocycles. The van der Waals surface area contributed by atoms with E-state index >= 15 is 0 Å². The van der Waals surface area contributed by atoms with Crippen molar-refractivity contribution in [3.05, 3.63) is 18.0 Å². The molecule has 1 heterocycles. The topological polar surface area (TPSA) is 29.9 Å². The van der Waals surface area contributed by atoms with E-state index in [-0.39, 0.29) is 0 Å². The van der Waals surface area contributed by atoms with Crippen molar-refractivity contribution in [2.24, 2.45) is 11.8 Å². The van der Waals surface area contributed by atoms with Crippen LogP contribution in [-0.4, -0.2) is 22.4 Å². The summed E-state index contributed by atoms with van der Waals surface area (Å²) >= 11 is 0. The second-order valence-corrected chi connectivity index (χ2v) is 7.12. The van der Waals surface area contributed by atoms with Crippen molar-refractivity contribution in [3.63, 3.8) is 0 Å². The van der Waals surface area contributed by atoms with Gasteiger partial charge in [0.05, 0.1) is 5.69 Å². The minimum Gasteiger partial charge on any atom is -0.314 e. The lowest BCUT2D eigenvalue weighted by Crippen LogP contribution is -2.33. The zero-order valence-corrected chi connectivity index (χ0v) is 14.3. The molecule has 3 heteroatoms. The molecule has 0 bridgehead atoms. The maximum atomic E-state index is 4.81. The van der Waals surface area contributed by atoms with Crippen LogP contribution < -0.4 is 5.32 Å². The predicted molar refractivity (Wildman–Crippen MR) is 89.5 cm³/mol. The molecule has 2 atom stereocenters. The van der Waals surface area contributed by atoms with Gasteiger partial charge in [0.2, 0.25) is 0 Å². The molecule has 2 unspecified atom stereocenters. The van der Waals surface area contributed by atoms with E-state index in [2.05, 4.69) is 50.0 Å². The van der Waals surface area contributed by atoms with E-state index in [0.29, 0.717) is 12.1 Å². The fourth-order valence-corrected chi connectivity index (χ4v) is 3.41. The van der Waals surface area contributed by atoms with Crippen LogP contribution in [0, 0.1) is 11.8 Å². The molecule has 1 aromatic heterocycles. The molecule has 0 spiro atoms. The highest BCUT2D eigenvalue weighted by Crippen LogP contribution is 2.33. The van der Waals surface area contributed by atoms with Crippen LogP contribution in [0.25, 0.3) is 0 Å². The van der Waals surface area contributed by atoms with Gasteiger partial charge in [-0.3, -0.25) is 4.68 Å². The quantitative estimate of drug-likeness (QED) is 0.778. The van der Waals surface area contributed by atoms with Crippen LogP contribution in [0.3, 0.4) is 0 Å². The second-order valence-electron chi connectivity index (χ2n) is 7.12. The molecule has 0 amide bonds. The van der Waals surface area contributed by atoms with E-state index in [9.17, 15) is 0 Å². The zero-order valence-electron chi connectivity index (χ0n) is 14.3. The molecule has 1 N–H and O–H groups in total. The van der Waals surface area contributed by atoms with E-state index in [1.807, 2.05) is 0 Å². The molecule has 1 fully saturated rings. The first-order valence-electron chi connectivity index (χ1n) is 8.87. The van der Waals surface area contributed by atoms with E-state index in [4.69, 9.17) is 5.10 Å². The minimum absolute atomic E-state index is 0.512. The predicted octanol–water partition coefficient (Wildman–Crippen LogP) is 4.20. The molecule has 0 aliphatic heterocycles. The molecule has 0 saturated heterocycles. The highest BCUT2D eigenvalue weighted by Gasteiger charge is 2.26. The van der Waals surface area contributed by atoms with Gasteiger partial charge in [-0.05, 0) is 44.2 Å². The number of rotatable bonds is 8. The van der Waals surface area contributed by atoms with Gasteiger partial charge in [-0.2, -0.15) is 5.10 Å². The second kappa shape index (κ2) is 7.98. The van der Waals surface area contributed by atoms with Crippen LogP contribution in [-0.2, 0) is 6.42 Å². The smallest absolute Gasteiger partial charge is 0.0628 e. The lowest BCUT2D eigenvalue weighted by atomic mass is 9.87. The molecule has 2 rings (SSSR count). The molecule has 1 aliphatic rings. The van der Waals surface area contributed by atoms with Gasteiger partial charge in [0.1, 0.15) is 0 Å². The van der Waals surface area contributed by atoms with Crippen molar-refractivity contribution in [2.75, 3.05) is 6.54 Å². The third-order valence-electron chi connectivity index (χ3n) is 5.03. The summed E-state index contributed by atoms with van der Waals surface area (Å²) < 4.78 is 2.14. The summed E-state index contributed by atoms with van der Waals surface area (Å²) in [6, 6.07) is 3.31. The van der Waals surface area contributed by atoms with Gasteiger partial charge in [-0.15, -0.1) is 0 Å². The Bertz CT molecular complexity index is 404. The molecule has 21 heavy (non-hydrogen) atoms. The molecule has 1 saturated carbocycles. The van der Waals surface area contributed by atoms with E-state index in [1.165, 1.54) is 31.4 Å². The number of hydrogen-bond donors (Lipinski definition) is 1. The van der Waals surface area contributed by atoms with E-state index < -0.39 is 0 Å². The fourth-order valence-electron chi connectivity index (χ4n) is 3.41. The maximum Gasteiger partial charge on any atom is 0.0628 e. The maximum absolute atomic E-state index is 4.81. The summed E-state index contributed by atoms with van der Waals surface area (Å²) in [5.74, 6) is 1.64. The van der Waals surface area contributed by atoms with Crippen LogP contribution in [0.15, 0.2) is 12.3 Å². The van der Waals surface area contributed by atoms with Gasteiger partial charge in [-0.25, -0.2) is 0 Å². The molecule has 0 radical (unpaired) electrons. The first kappa shape index (κ1) is 16.5. The Balaban J connectivity index is 1.98. The average Bonchev–Trinajstić information content (AvgIpc) is 3.13. The first-order valence-corrected chi connectivity index (χ1v) is 8.87. The number of hydrogen-bond acceptors (Lipinski definition) is 2. The molecule has 3 nitrogen and oxygen atoms in total. The van der Waals surface area contributed by atoms with Gasteiger partial charge in [0.15, 0.2) is 0 Å². The summed E-state index contributed by atoms with van der Waals surface area (Å²) in [5, 5.41) is 8.46. The van der Waals surface area contributed by atoms with Crippen LogP contribution in [0.5, 0.6) is 0 Å². The van der Waals surface area contributed by atoms with Gasteiger partial charge in [0, 0.05) is 18.3 Å². The van der Waals surface area contributed by atoms with Gasteiger partial charge >= 0.3 is 0 Å². The molecular weight excluding hydrogens is 258 g/mol. The SMILES string of the molecule is CCC(C)n1ccc(CC(CNC(C)C)C2CCCC2)n1. The van der Waals surface area contributed by atoms with Crippen molar-refractivity contribution in [3.8, 4) is 0 Å². The molecular formula is C18H33N3. The Morgan fingerprint density at radius 2 is 2.00 bits per heavy atom. The van der Waals surface area contributed by atoms with Crippen molar-refractivity contribution >= 4 is 0 Å². The molecule has 0 aromatic carbocycles. The Labute approximate surface area is 130 Å². The van der Waals surface area contributed by atoms with E-state index in [0.717, 1.165) is 31.2 Å². The average molecular weight is 291 g/mol. The number of aromatic nitrogens is 2. The summed E-state index contributed by atoms with van der Waals surface area (Å²) in [7, 11) is 0. The Hall–Kier alpha value is -0.830. The number of nitrogens with zero attached hydrogens (tertiary/aromatic N) is 2. The largest absolute Gasteiger partial charge is 0.314 e. The fraction of sp³-hybridized carbons (Fsp3) is 0.833. The van der Waals surface area contributed by atoms with Crippen molar-refractivity contribution in [1.82, 2.24) is 15.1 Å². The first-order chi connectivity index (χ1) is 10.1. The van der Waals surface area contributed by atoms with Gasteiger partial charge in [0.25, 0.3) is 0 Å². The number of nitrogens with one attached hydrogen (secondary N) is 1. The Kier molecular flexibility index (Phi) is 6.28. The van der Waals surface area contributed by atoms with Crippen LogP contribution in [0.1, 0.15) is 71.5 Å². The van der Waals surface area contributed by atoms with Gasteiger partial charge in [-0.1, -0.05) is 46.5 Å². The summed E-state index contributed by atoms with van der Waals surface area (Å²) in [5.41, 5.74) is 1.28. The highest BCUT2D eigenvalue weighted by atomic mass is 15.3. The third kappa shape index (κ3) is 4.84. The van der Waals surface area contributed by atoms with Crippen molar-refractivity contribution in [2.45, 2.75) is 78.3 Å². The Morgan fingerprint density at radius 1 is 1.29 bits per heavy atom. The van der Waals surface area contributed by atoms with Crippen LogP contribution in [0.2, 0.25) is 0 Å². The van der Waals surface area contributed by atoms with Gasteiger partial charge < -0.3 is 5.32 Å². The van der Waals surface area contributed by atoms with E-state index in [1.54, 1.807) is 0 Å². The van der Waals surface area contributed by atoms with Crippen LogP contribution in [0.4, 0.5) is 0 Å². The highest BCUT2D eigenvalue weighted by molar-refractivity contribution is 5.02. The van der Waals surface area contributed by atoms with Crippen molar-refractivity contribution in [1.29, 1.82) is 0 Å². The lowest BCUT2D eigenvalue weighted by molar-refractivity contribution is 0.309. The molecule has 120 valence electrons. The minimum atomic E-state index is 0.512. The summed E-state index contributed by atoms with van der Waals surface area (Å²) in [6.45, 7) is 10.1. The van der Waals surface area contributed by atoms with Crippen LogP contribution >= 0.6 is 0 Å². The summed E-state index contributed by atoms with van der Waals surface area (Å²) in [4.78, 5) is 0. The zero-order chi connectivity index (χ0) is 15.2. The molecule has 1 aromatic rings. The third-order valence-corrected chi connectivity index (χ3v) is 5.03. The lowest BCUT2D eigenvalue weighted by Gasteiger charge is -2.24. The standard InChI is InChI=1S/C18H33N3/c1-5-15(4)21-11-10-18(20-21)12-17(13-19-14(2)3)16-8-6-7-9-16/h10-11,14-17,19H,5-9,12-13H2,1-4H3. The Morgan fingerprint density at radius 3 is 2.62 bits per heavy atom. The summed E-state index contributed by atoms with van der Waals surface area (Å²) in [6.07, 6.45) is 10.1.